The molecule has 1 heterocycles. The van der Waals surface area contributed by atoms with E-state index in [-0.39, 0.29) is 37.0 Å². The summed E-state index contributed by atoms with van der Waals surface area (Å²) in [7, 11) is 0. The molecule has 5 nitrogen and oxygen atoms in total. The predicted octanol–water partition coefficient (Wildman–Crippen LogP) is 0.635. The van der Waals surface area contributed by atoms with Crippen LogP contribution in [0.5, 0.6) is 0 Å². The number of carbonyl (C=O) groups is 3. The number of carbonyl (C=O) groups excluding carboxylic acids is 2. The van der Waals surface area contributed by atoms with Crippen LogP contribution in [0.2, 0.25) is 0 Å². The number of hydrogen-bond acceptors (Lipinski definition) is 3. The molecule has 0 aromatic carbocycles. The van der Waals surface area contributed by atoms with Crippen LogP contribution in [0.25, 0.3) is 0 Å². The number of amides is 2. The zero-order valence-electron chi connectivity index (χ0n) is 8.90. The maximum Gasteiger partial charge on any atom is 0.326 e. The van der Waals surface area contributed by atoms with Crippen LogP contribution in [-0.4, -0.2) is 33.8 Å². The van der Waals surface area contributed by atoms with Gasteiger partial charge in [0.1, 0.15) is 6.04 Å². The average molecular weight is 213 g/mol. The fourth-order valence-electron chi connectivity index (χ4n) is 1.68. The molecule has 0 aliphatic carbocycles. The van der Waals surface area contributed by atoms with Crippen molar-refractivity contribution in [3.05, 3.63) is 0 Å². The van der Waals surface area contributed by atoms with Gasteiger partial charge in [-0.15, -0.1) is 0 Å². The van der Waals surface area contributed by atoms with E-state index in [1.165, 1.54) is 0 Å². The number of aliphatic carboxylic acids is 1. The van der Waals surface area contributed by atoms with Crippen molar-refractivity contribution in [3.8, 4) is 0 Å². The molecular formula is C10H15NO4. The summed E-state index contributed by atoms with van der Waals surface area (Å²) in [5, 5.41) is 8.84. The first-order valence-corrected chi connectivity index (χ1v) is 5.01. The van der Waals surface area contributed by atoms with Gasteiger partial charge in [-0.05, 0) is 12.3 Å². The molecule has 0 radical (unpaired) electrons. The van der Waals surface area contributed by atoms with Gasteiger partial charge in [0.05, 0.1) is 0 Å². The fourth-order valence-corrected chi connectivity index (χ4v) is 1.68. The first-order valence-electron chi connectivity index (χ1n) is 5.01. The quantitative estimate of drug-likeness (QED) is 0.746. The Bertz CT molecular complexity index is 298. The minimum absolute atomic E-state index is 0.125. The SMILES string of the molecule is CC(C)CC(=O)N1C(=O)CCC1C(=O)O. The van der Waals surface area contributed by atoms with E-state index < -0.39 is 12.0 Å². The Morgan fingerprint density at radius 1 is 1.53 bits per heavy atom. The minimum atomic E-state index is -1.10. The number of rotatable bonds is 3. The van der Waals surface area contributed by atoms with Crippen molar-refractivity contribution >= 4 is 17.8 Å². The Morgan fingerprint density at radius 3 is 2.60 bits per heavy atom. The molecule has 1 saturated heterocycles. The molecule has 0 aromatic heterocycles. The van der Waals surface area contributed by atoms with E-state index >= 15 is 0 Å². The molecule has 84 valence electrons. The van der Waals surface area contributed by atoms with Crippen LogP contribution in [0.4, 0.5) is 0 Å². The minimum Gasteiger partial charge on any atom is -0.480 e. The molecule has 1 rings (SSSR count). The summed E-state index contributed by atoms with van der Waals surface area (Å²) in [5.41, 5.74) is 0. The number of imide groups is 1. The highest BCUT2D eigenvalue weighted by molar-refractivity contribution is 6.01. The summed E-state index contributed by atoms with van der Waals surface area (Å²) < 4.78 is 0. The molecule has 15 heavy (non-hydrogen) atoms. The lowest BCUT2D eigenvalue weighted by atomic mass is 10.1. The smallest absolute Gasteiger partial charge is 0.326 e. The molecule has 1 aliphatic rings. The van der Waals surface area contributed by atoms with Gasteiger partial charge in [-0.25, -0.2) is 4.79 Å². The summed E-state index contributed by atoms with van der Waals surface area (Å²) in [5.74, 6) is -1.72. The van der Waals surface area contributed by atoms with Crippen LogP contribution in [0.1, 0.15) is 33.1 Å². The van der Waals surface area contributed by atoms with Crippen molar-refractivity contribution in [2.75, 3.05) is 0 Å². The Labute approximate surface area is 88.1 Å². The van der Waals surface area contributed by atoms with E-state index in [1.807, 2.05) is 13.8 Å². The van der Waals surface area contributed by atoms with Crippen LogP contribution >= 0.6 is 0 Å². The van der Waals surface area contributed by atoms with Gasteiger partial charge in [0.25, 0.3) is 0 Å². The summed E-state index contributed by atoms with van der Waals surface area (Å²) in [6, 6.07) is -0.955. The van der Waals surface area contributed by atoms with Crippen molar-refractivity contribution in [2.24, 2.45) is 5.92 Å². The van der Waals surface area contributed by atoms with Crippen molar-refractivity contribution < 1.29 is 19.5 Å². The van der Waals surface area contributed by atoms with Gasteiger partial charge in [-0.1, -0.05) is 13.8 Å². The summed E-state index contributed by atoms with van der Waals surface area (Å²) >= 11 is 0. The van der Waals surface area contributed by atoms with Gasteiger partial charge in [0.2, 0.25) is 11.8 Å². The number of hydrogen-bond donors (Lipinski definition) is 1. The van der Waals surface area contributed by atoms with Gasteiger partial charge in [-0.2, -0.15) is 0 Å². The molecule has 1 N–H and O–H groups in total. The van der Waals surface area contributed by atoms with E-state index in [1.54, 1.807) is 0 Å². The molecule has 1 aliphatic heterocycles. The van der Waals surface area contributed by atoms with Gasteiger partial charge >= 0.3 is 5.97 Å². The van der Waals surface area contributed by atoms with Gasteiger partial charge in [-0.3, -0.25) is 14.5 Å². The van der Waals surface area contributed by atoms with Crippen molar-refractivity contribution in [1.82, 2.24) is 4.90 Å². The van der Waals surface area contributed by atoms with E-state index in [0.717, 1.165) is 4.90 Å². The van der Waals surface area contributed by atoms with E-state index in [9.17, 15) is 14.4 Å². The molecule has 0 aromatic rings. The normalized spacial score (nSPS) is 21.1. The maximum absolute atomic E-state index is 11.6. The zero-order valence-corrected chi connectivity index (χ0v) is 8.90. The van der Waals surface area contributed by atoms with Crippen molar-refractivity contribution in [2.45, 2.75) is 39.2 Å². The third kappa shape index (κ3) is 2.55. The monoisotopic (exact) mass is 213 g/mol. The van der Waals surface area contributed by atoms with Crippen LogP contribution in [0.3, 0.4) is 0 Å². The van der Waals surface area contributed by atoms with Crippen LogP contribution in [0, 0.1) is 5.92 Å². The molecular weight excluding hydrogens is 198 g/mol. The van der Waals surface area contributed by atoms with Crippen molar-refractivity contribution in [3.63, 3.8) is 0 Å². The largest absolute Gasteiger partial charge is 0.480 e. The number of likely N-dealkylation sites (tertiary alicyclic amines) is 1. The van der Waals surface area contributed by atoms with Crippen molar-refractivity contribution in [1.29, 1.82) is 0 Å². The second kappa shape index (κ2) is 4.42. The van der Waals surface area contributed by atoms with Gasteiger partial charge in [0.15, 0.2) is 0 Å². The van der Waals surface area contributed by atoms with Crippen LogP contribution in [0.15, 0.2) is 0 Å². The fraction of sp³-hybridized carbons (Fsp3) is 0.700. The number of carboxylic acids is 1. The summed E-state index contributed by atoms with van der Waals surface area (Å²) in [4.78, 5) is 34.7. The third-order valence-electron chi connectivity index (χ3n) is 2.35. The topological polar surface area (TPSA) is 74.7 Å². The lowest BCUT2D eigenvalue weighted by Crippen LogP contribution is -2.43. The van der Waals surface area contributed by atoms with E-state index in [4.69, 9.17) is 5.11 Å². The lowest BCUT2D eigenvalue weighted by molar-refractivity contribution is -0.154. The maximum atomic E-state index is 11.6. The number of carboxylic acid groups (broad SMARTS) is 1. The summed E-state index contributed by atoms with van der Waals surface area (Å²) in [6.07, 6.45) is 0.605. The molecule has 1 atom stereocenters. The molecule has 1 unspecified atom stereocenters. The molecule has 1 fully saturated rings. The second-order valence-electron chi connectivity index (χ2n) is 4.15. The third-order valence-corrected chi connectivity index (χ3v) is 2.35. The lowest BCUT2D eigenvalue weighted by Gasteiger charge is -2.20. The van der Waals surface area contributed by atoms with Gasteiger partial charge < -0.3 is 5.11 Å². The standard InChI is InChI=1S/C10H15NO4/c1-6(2)5-9(13)11-7(10(14)15)3-4-8(11)12/h6-7H,3-5H2,1-2H3,(H,14,15). The molecule has 0 saturated carbocycles. The Morgan fingerprint density at radius 2 is 2.13 bits per heavy atom. The first kappa shape index (κ1) is 11.7. The molecule has 0 spiro atoms. The molecule has 0 bridgehead atoms. The highest BCUT2D eigenvalue weighted by Gasteiger charge is 2.39. The van der Waals surface area contributed by atoms with E-state index in [0.29, 0.717) is 0 Å². The van der Waals surface area contributed by atoms with E-state index in [2.05, 4.69) is 0 Å². The highest BCUT2D eigenvalue weighted by atomic mass is 16.4. The van der Waals surface area contributed by atoms with Crippen LogP contribution < -0.4 is 0 Å². The first-order chi connectivity index (χ1) is 6.93. The highest BCUT2D eigenvalue weighted by Crippen LogP contribution is 2.21. The Hall–Kier alpha value is -1.39. The average Bonchev–Trinajstić information content (AvgIpc) is 2.45. The molecule has 2 amide bonds. The summed E-state index contributed by atoms with van der Waals surface area (Å²) in [6.45, 7) is 3.71. The Balaban J connectivity index is 2.76. The predicted molar refractivity (Wildman–Crippen MR) is 52.0 cm³/mol. The Kier molecular flexibility index (Phi) is 3.44. The molecule has 5 heteroatoms. The number of nitrogens with zero attached hydrogens (tertiary/aromatic N) is 1. The zero-order chi connectivity index (χ0) is 11.6. The van der Waals surface area contributed by atoms with Gasteiger partial charge in [0, 0.05) is 12.8 Å². The van der Waals surface area contributed by atoms with Crippen LogP contribution in [-0.2, 0) is 14.4 Å². The second-order valence-corrected chi connectivity index (χ2v) is 4.15.